The number of alkyl halides is 3. The molecule has 11 heteroatoms. The lowest BCUT2D eigenvalue weighted by atomic mass is 10.2. The first-order valence-electron chi connectivity index (χ1n) is 5.10. The van der Waals surface area contributed by atoms with Crippen LogP contribution in [0.4, 0.5) is 13.2 Å². The predicted octanol–water partition coefficient (Wildman–Crippen LogP) is 3.72. The quantitative estimate of drug-likeness (QED) is 0.839. The fourth-order valence-corrected chi connectivity index (χ4v) is 4.54. The first kappa shape index (κ1) is 18.4. The van der Waals surface area contributed by atoms with Crippen molar-refractivity contribution in [2.45, 2.75) is 10.4 Å². The molecule has 21 heavy (non-hydrogen) atoms. The van der Waals surface area contributed by atoms with Crippen LogP contribution in [-0.2, 0) is 9.84 Å². The van der Waals surface area contributed by atoms with Gasteiger partial charge in [0.05, 0.1) is 26.3 Å². The fourth-order valence-electron chi connectivity index (χ4n) is 1.35. The molecule has 0 bridgehead atoms. The molecule has 4 nitrogen and oxygen atoms in total. The molecule has 0 atom stereocenters. The van der Waals surface area contributed by atoms with Crippen molar-refractivity contribution < 1.29 is 31.5 Å². The molecule has 0 unspecified atom stereocenters. The van der Waals surface area contributed by atoms with Crippen LogP contribution in [0.15, 0.2) is 17.0 Å². The van der Waals surface area contributed by atoms with Crippen LogP contribution in [0.1, 0.15) is 10.4 Å². The molecule has 0 saturated heterocycles. The molecule has 1 aromatic rings. The van der Waals surface area contributed by atoms with E-state index in [0.717, 1.165) is 12.1 Å². The van der Waals surface area contributed by atoms with E-state index in [9.17, 15) is 26.4 Å². The Morgan fingerprint density at radius 1 is 1.29 bits per heavy atom. The number of sulfone groups is 1. The minimum Gasteiger partial charge on any atom is -0.478 e. The molecule has 1 aromatic carbocycles. The Hall–Kier alpha value is -0.640. The lowest BCUT2D eigenvalue weighted by molar-refractivity contribution is -0.0326. The predicted molar refractivity (Wildman–Crippen MR) is 74.0 cm³/mol. The molecule has 0 aliphatic heterocycles. The third-order valence-electron chi connectivity index (χ3n) is 2.22. The van der Waals surface area contributed by atoms with E-state index >= 15 is 0 Å². The molecule has 0 heterocycles. The largest absolute Gasteiger partial charge is 0.478 e. The summed E-state index contributed by atoms with van der Waals surface area (Å²) in [5.41, 5.74) is -5.16. The van der Waals surface area contributed by atoms with Crippen molar-refractivity contribution in [2.24, 2.45) is 0 Å². The average molecular weight is 383 g/mol. The van der Waals surface area contributed by atoms with Gasteiger partial charge >= 0.3 is 11.5 Å². The minimum absolute atomic E-state index is 0.267. The number of halogens is 5. The van der Waals surface area contributed by atoms with E-state index < -0.39 is 60.1 Å². The van der Waals surface area contributed by atoms with E-state index in [2.05, 4.69) is 0 Å². The maximum atomic E-state index is 12.0. The number of aromatic carboxylic acids is 1. The van der Waals surface area contributed by atoms with Crippen LogP contribution in [0.25, 0.3) is 0 Å². The molecule has 0 aromatic heterocycles. The highest BCUT2D eigenvalue weighted by atomic mass is 35.5. The molecule has 118 valence electrons. The molecule has 1 rings (SSSR count). The Bertz CT molecular complexity index is 659. The van der Waals surface area contributed by atoms with Gasteiger partial charge in [0.15, 0.2) is 9.84 Å². The van der Waals surface area contributed by atoms with Crippen LogP contribution >= 0.6 is 35.0 Å². The van der Waals surface area contributed by atoms with Crippen molar-refractivity contribution in [3.05, 3.63) is 27.7 Å². The van der Waals surface area contributed by atoms with Gasteiger partial charge in [-0.1, -0.05) is 23.2 Å². The second kappa shape index (κ2) is 6.64. The SMILES string of the molecule is O=C(O)c1c(Cl)ccc(S(=O)(=O)CCSC(F)(F)F)c1Cl. The van der Waals surface area contributed by atoms with Crippen LogP contribution in [0, 0.1) is 0 Å². The number of hydrogen-bond donors (Lipinski definition) is 1. The summed E-state index contributed by atoms with van der Waals surface area (Å²) >= 11 is 10.8. The molecule has 0 fully saturated rings. The van der Waals surface area contributed by atoms with Crippen LogP contribution < -0.4 is 0 Å². The van der Waals surface area contributed by atoms with Crippen molar-refractivity contribution >= 4 is 50.8 Å². The van der Waals surface area contributed by atoms with Gasteiger partial charge in [-0.3, -0.25) is 0 Å². The van der Waals surface area contributed by atoms with Gasteiger partial charge in [-0.15, -0.1) is 0 Å². The summed E-state index contributed by atoms with van der Waals surface area (Å²) in [4.78, 5) is 10.4. The summed E-state index contributed by atoms with van der Waals surface area (Å²) in [6.07, 6.45) is 0. The molecular formula is C10H7Cl2F3O4S2. The van der Waals surface area contributed by atoms with Gasteiger partial charge in [0.25, 0.3) is 0 Å². The molecule has 0 radical (unpaired) electrons. The van der Waals surface area contributed by atoms with Gasteiger partial charge in [-0.05, 0) is 23.9 Å². The highest BCUT2D eigenvalue weighted by Gasteiger charge is 2.30. The number of hydrogen-bond acceptors (Lipinski definition) is 4. The van der Waals surface area contributed by atoms with E-state index in [0.29, 0.717) is 0 Å². The first-order valence-corrected chi connectivity index (χ1v) is 8.50. The molecule has 0 saturated carbocycles. The zero-order valence-electron chi connectivity index (χ0n) is 9.95. The van der Waals surface area contributed by atoms with Gasteiger partial charge in [-0.25, -0.2) is 13.2 Å². The monoisotopic (exact) mass is 382 g/mol. The number of carbonyl (C=O) groups is 1. The number of thioether (sulfide) groups is 1. The summed E-state index contributed by atoms with van der Waals surface area (Å²) in [6.45, 7) is 0. The molecule has 1 N–H and O–H groups in total. The van der Waals surface area contributed by atoms with Gasteiger partial charge < -0.3 is 5.11 Å². The third kappa shape index (κ3) is 4.94. The van der Waals surface area contributed by atoms with Crippen LogP contribution in [0.5, 0.6) is 0 Å². The molecule has 0 aliphatic rings. The summed E-state index contributed by atoms with van der Waals surface area (Å²) < 4.78 is 59.8. The Morgan fingerprint density at radius 2 is 1.86 bits per heavy atom. The van der Waals surface area contributed by atoms with Gasteiger partial charge in [-0.2, -0.15) is 13.2 Å². The lowest BCUT2D eigenvalue weighted by Crippen LogP contribution is -2.14. The van der Waals surface area contributed by atoms with E-state index in [1.807, 2.05) is 0 Å². The van der Waals surface area contributed by atoms with Gasteiger partial charge in [0.1, 0.15) is 0 Å². The lowest BCUT2D eigenvalue weighted by Gasteiger charge is -2.10. The fraction of sp³-hybridized carbons (Fsp3) is 0.300. The van der Waals surface area contributed by atoms with Crippen molar-refractivity contribution in [3.63, 3.8) is 0 Å². The van der Waals surface area contributed by atoms with Crippen molar-refractivity contribution in [1.29, 1.82) is 0 Å². The number of carboxylic acid groups (broad SMARTS) is 1. The molecule has 0 spiro atoms. The second-order valence-electron chi connectivity index (χ2n) is 3.65. The van der Waals surface area contributed by atoms with Gasteiger partial charge in [0, 0.05) is 5.75 Å². The smallest absolute Gasteiger partial charge is 0.441 e. The maximum absolute atomic E-state index is 12.0. The highest BCUT2D eigenvalue weighted by Crippen LogP contribution is 2.34. The summed E-state index contributed by atoms with van der Waals surface area (Å²) in [5.74, 6) is -3.10. The van der Waals surface area contributed by atoms with Crippen LogP contribution in [0.2, 0.25) is 10.0 Å². The Kier molecular flexibility index (Phi) is 5.82. The topological polar surface area (TPSA) is 71.4 Å². The summed E-state index contributed by atoms with van der Waals surface area (Å²) in [7, 11) is -4.16. The summed E-state index contributed by atoms with van der Waals surface area (Å²) in [6, 6.07) is 1.98. The van der Waals surface area contributed by atoms with Crippen molar-refractivity contribution in [1.82, 2.24) is 0 Å². The summed E-state index contributed by atoms with van der Waals surface area (Å²) in [5, 5.41) is 8.02. The zero-order chi connectivity index (χ0) is 16.4. The molecular weight excluding hydrogens is 376 g/mol. The van der Waals surface area contributed by atoms with Crippen LogP contribution in [-0.4, -0.2) is 36.5 Å². The molecule has 0 amide bonds. The van der Waals surface area contributed by atoms with Crippen LogP contribution in [0.3, 0.4) is 0 Å². The van der Waals surface area contributed by atoms with E-state index in [-0.39, 0.29) is 5.02 Å². The maximum Gasteiger partial charge on any atom is 0.441 e. The third-order valence-corrected chi connectivity index (χ3v) is 5.79. The van der Waals surface area contributed by atoms with E-state index in [4.69, 9.17) is 28.3 Å². The van der Waals surface area contributed by atoms with E-state index in [1.54, 1.807) is 0 Å². The van der Waals surface area contributed by atoms with Crippen molar-refractivity contribution in [2.75, 3.05) is 11.5 Å². The average Bonchev–Trinajstić information content (AvgIpc) is 2.25. The number of benzene rings is 1. The highest BCUT2D eigenvalue weighted by molar-refractivity contribution is 8.01. The number of carboxylic acids is 1. The zero-order valence-corrected chi connectivity index (χ0v) is 13.1. The number of rotatable bonds is 5. The second-order valence-corrected chi connectivity index (χ2v) is 7.68. The Balaban J connectivity index is 3.10. The van der Waals surface area contributed by atoms with Crippen molar-refractivity contribution in [3.8, 4) is 0 Å². The Labute approximate surface area is 132 Å². The standard InChI is InChI=1S/C10H7Cl2F3O4S2/c11-5-1-2-6(8(12)7(5)9(16)17)21(18,19)4-3-20-10(13,14)15/h1-2H,3-4H2,(H,16,17). The Morgan fingerprint density at radius 3 is 2.33 bits per heavy atom. The minimum atomic E-state index is -4.55. The first-order chi connectivity index (χ1) is 9.46. The van der Waals surface area contributed by atoms with Gasteiger partial charge in [0.2, 0.25) is 0 Å². The molecule has 0 aliphatic carbocycles. The van der Waals surface area contributed by atoms with E-state index in [1.165, 1.54) is 0 Å². The normalized spacial score (nSPS) is 12.4.